The number of nitro groups is 1. The Kier molecular flexibility index (Phi) is 5.70. The fourth-order valence-electron chi connectivity index (χ4n) is 2.23. The zero-order valence-corrected chi connectivity index (χ0v) is 14.5. The van der Waals surface area contributed by atoms with Crippen molar-refractivity contribution < 1.29 is 22.5 Å². The maximum Gasteiger partial charge on any atom is 0.312 e. The van der Waals surface area contributed by atoms with Crippen LogP contribution in [0.5, 0.6) is 11.5 Å². The van der Waals surface area contributed by atoms with E-state index in [1.54, 1.807) is 13.8 Å². The lowest BCUT2D eigenvalue weighted by Crippen LogP contribution is -2.30. The van der Waals surface area contributed by atoms with Crippen LogP contribution in [0.4, 0.5) is 10.1 Å². The van der Waals surface area contributed by atoms with E-state index in [2.05, 4.69) is 0 Å². The van der Waals surface area contributed by atoms with Gasteiger partial charge >= 0.3 is 5.69 Å². The average molecular weight is 368 g/mol. The van der Waals surface area contributed by atoms with E-state index in [0.29, 0.717) is 0 Å². The van der Waals surface area contributed by atoms with Gasteiger partial charge in [-0.25, -0.2) is 12.8 Å². The highest BCUT2D eigenvalue weighted by Gasteiger charge is 2.26. The second kappa shape index (κ2) is 7.58. The van der Waals surface area contributed by atoms with Gasteiger partial charge in [-0.15, -0.1) is 0 Å². The third-order valence-electron chi connectivity index (χ3n) is 3.51. The Labute approximate surface area is 144 Å². The highest BCUT2D eigenvalue weighted by Crippen LogP contribution is 2.34. The molecule has 0 heterocycles. The molecule has 0 unspecified atom stereocenters. The molecule has 0 atom stereocenters. The van der Waals surface area contributed by atoms with Crippen LogP contribution in [-0.4, -0.2) is 30.7 Å². The Bertz CT molecular complexity index is 865. The number of hydrogen-bond donors (Lipinski definition) is 0. The highest BCUT2D eigenvalue weighted by molar-refractivity contribution is 7.89. The molecular weight excluding hydrogens is 351 g/mol. The van der Waals surface area contributed by atoms with Crippen molar-refractivity contribution in [3.8, 4) is 11.5 Å². The van der Waals surface area contributed by atoms with Gasteiger partial charge in [0.15, 0.2) is 0 Å². The molecule has 134 valence electrons. The van der Waals surface area contributed by atoms with Gasteiger partial charge in [-0.1, -0.05) is 13.8 Å². The molecule has 0 spiro atoms. The van der Waals surface area contributed by atoms with Crippen LogP contribution in [0.3, 0.4) is 0 Å². The van der Waals surface area contributed by atoms with Gasteiger partial charge < -0.3 is 4.74 Å². The molecule has 0 saturated heterocycles. The van der Waals surface area contributed by atoms with Crippen LogP contribution in [0.15, 0.2) is 47.4 Å². The molecule has 0 N–H and O–H groups in total. The summed E-state index contributed by atoms with van der Waals surface area (Å²) < 4.78 is 44.5. The molecule has 0 bridgehead atoms. The van der Waals surface area contributed by atoms with Crippen molar-refractivity contribution in [3.05, 3.63) is 58.4 Å². The molecule has 2 rings (SSSR count). The summed E-state index contributed by atoms with van der Waals surface area (Å²) in [7, 11) is -3.83. The van der Waals surface area contributed by atoms with E-state index in [9.17, 15) is 22.9 Å². The molecule has 25 heavy (non-hydrogen) atoms. The number of benzene rings is 2. The number of nitro benzene ring substituents is 1. The van der Waals surface area contributed by atoms with Gasteiger partial charge in [0.05, 0.1) is 9.82 Å². The largest absolute Gasteiger partial charge is 0.450 e. The van der Waals surface area contributed by atoms with Gasteiger partial charge in [0.25, 0.3) is 0 Å². The fraction of sp³-hybridized carbons (Fsp3) is 0.250. The molecular formula is C16H17FN2O5S. The lowest BCUT2D eigenvalue weighted by Gasteiger charge is -2.18. The number of rotatable bonds is 7. The summed E-state index contributed by atoms with van der Waals surface area (Å²) in [5, 5.41) is 11.3. The van der Waals surface area contributed by atoms with Crippen molar-refractivity contribution in [2.24, 2.45) is 0 Å². The van der Waals surface area contributed by atoms with Gasteiger partial charge in [0, 0.05) is 19.2 Å². The number of hydrogen-bond acceptors (Lipinski definition) is 5. The summed E-state index contributed by atoms with van der Waals surface area (Å²) in [6, 6.07) is 8.38. The second-order valence-corrected chi connectivity index (χ2v) is 6.97. The van der Waals surface area contributed by atoms with Gasteiger partial charge in [-0.05, 0) is 36.4 Å². The topological polar surface area (TPSA) is 89.8 Å². The van der Waals surface area contributed by atoms with Crippen LogP contribution in [0.2, 0.25) is 0 Å². The first kappa shape index (κ1) is 18.8. The summed E-state index contributed by atoms with van der Waals surface area (Å²) in [5.41, 5.74) is -0.488. The van der Waals surface area contributed by atoms with Crippen LogP contribution in [0, 0.1) is 15.9 Å². The van der Waals surface area contributed by atoms with Gasteiger partial charge in [0.1, 0.15) is 11.6 Å². The summed E-state index contributed by atoms with van der Waals surface area (Å²) in [6.07, 6.45) is 0. The predicted molar refractivity (Wildman–Crippen MR) is 89.7 cm³/mol. The predicted octanol–water partition coefficient (Wildman–Crippen LogP) is 3.56. The zero-order chi connectivity index (χ0) is 18.6. The summed E-state index contributed by atoms with van der Waals surface area (Å²) >= 11 is 0. The van der Waals surface area contributed by atoms with E-state index < -0.39 is 26.5 Å². The SMILES string of the molecule is CCN(CC)S(=O)(=O)c1ccc(Oc2ccc(F)cc2)c([N+](=O)[O-])c1. The fourth-order valence-corrected chi connectivity index (χ4v) is 3.71. The van der Waals surface area contributed by atoms with Crippen LogP contribution >= 0.6 is 0 Å². The molecule has 0 radical (unpaired) electrons. The Morgan fingerprint density at radius 1 is 1.12 bits per heavy atom. The third-order valence-corrected chi connectivity index (χ3v) is 5.56. The van der Waals surface area contributed by atoms with Gasteiger partial charge in [-0.3, -0.25) is 10.1 Å². The minimum atomic E-state index is -3.83. The van der Waals surface area contributed by atoms with Crippen molar-refractivity contribution in [2.75, 3.05) is 13.1 Å². The first-order chi connectivity index (χ1) is 11.8. The standard InChI is InChI=1S/C16H17FN2O5S/c1-3-18(4-2)25(22,23)14-9-10-16(15(11-14)19(20)21)24-13-7-5-12(17)6-8-13/h5-11H,3-4H2,1-2H3. The van der Waals surface area contributed by atoms with E-state index in [1.165, 1.54) is 28.6 Å². The Morgan fingerprint density at radius 2 is 1.72 bits per heavy atom. The normalized spacial score (nSPS) is 11.5. The van der Waals surface area contributed by atoms with Crippen molar-refractivity contribution in [2.45, 2.75) is 18.7 Å². The van der Waals surface area contributed by atoms with Crippen molar-refractivity contribution in [1.82, 2.24) is 4.31 Å². The summed E-state index contributed by atoms with van der Waals surface area (Å²) in [4.78, 5) is 10.4. The lowest BCUT2D eigenvalue weighted by molar-refractivity contribution is -0.385. The van der Waals surface area contributed by atoms with E-state index >= 15 is 0 Å². The quantitative estimate of drug-likeness (QED) is 0.551. The molecule has 0 saturated carbocycles. The number of nitrogens with zero attached hydrogens (tertiary/aromatic N) is 2. The summed E-state index contributed by atoms with van der Waals surface area (Å²) in [5.74, 6) is -0.401. The van der Waals surface area contributed by atoms with Crippen molar-refractivity contribution in [3.63, 3.8) is 0 Å². The maximum atomic E-state index is 12.9. The lowest BCUT2D eigenvalue weighted by atomic mass is 10.3. The molecule has 2 aromatic carbocycles. The molecule has 0 amide bonds. The second-order valence-electron chi connectivity index (χ2n) is 5.03. The molecule has 0 fully saturated rings. The smallest absolute Gasteiger partial charge is 0.312 e. The first-order valence-electron chi connectivity index (χ1n) is 7.51. The van der Waals surface area contributed by atoms with Crippen LogP contribution in [0.25, 0.3) is 0 Å². The van der Waals surface area contributed by atoms with Gasteiger partial charge in [-0.2, -0.15) is 4.31 Å². The Morgan fingerprint density at radius 3 is 2.24 bits per heavy atom. The monoisotopic (exact) mass is 368 g/mol. The minimum absolute atomic E-state index is 0.130. The molecule has 9 heteroatoms. The zero-order valence-electron chi connectivity index (χ0n) is 13.7. The van der Waals surface area contributed by atoms with Gasteiger partial charge in [0.2, 0.25) is 15.8 Å². The molecule has 0 aliphatic rings. The van der Waals surface area contributed by atoms with Crippen LogP contribution in [-0.2, 0) is 10.0 Å². The minimum Gasteiger partial charge on any atom is -0.450 e. The summed E-state index contributed by atoms with van der Waals surface area (Å²) in [6.45, 7) is 3.86. The Balaban J connectivity index is 2.44. The van der Waals surface area contributed by atoms with Crippen molar-refractivity contribution in [1.29, 1.82) is 0 Å². The first-order valence-corrected chi connectivity index (χ1v) is 8.95. The molecule has 7 nitrogen and oxygen atoms in total. The van der Waals surface area contributed by atoms with E-state index in [1.807, 2.05) is 0 Å². The number of ether oxygens (including phenoxy) is 1. The van der Waals surface area contributed by atoms with Crippen LogP contribution < -0.4 is 4.74 Å². The highest BCUT2D eigenvalue weighted by atomic mass is 32.2. The van der Waals surface area contributed by atoms with E-state index in [-0.39, 0.29) is 29.5 Å². The van der Waals surface area contributed by atoms with Crippen molar-refractivity contribution >= 4 is 15.7 Å². The van der Waals surface area contributed by atoms with Crippen LogP contribution in [0.1, 0.15) is 13.8 Å². The molecule has 0 aliphatic heterocycles. The number of halogens is 1. The Hall–Kier alpha value is -2.52. The molecule has 2 aromatic rings. The van der Waals surface area contributed by atoms with E-state index in [0.717, 1.165) is 18.2 Å². The maximum absolute atomic E-state index is 12.9. The van der Waals surface area contributed by atoms with E-state index in [4.69, 9.17) is 4.74 Å². The molecule has 0 aliphatic carbocycles. The number of sulfonamides is 1. The molecule has 0 aromatic heterocycles. The average Bonchev–Trinajstić information content (AvgIpc) is 2.57. The third kappa shape index (κ3) is 4.12.